The van der Waals surface area contributed by atoms with Gasteiger partial charge in [0.15, 0.2) is 0 Å². The van der Waals surface area contributed by atoms with E-state index in [9.17, 15) is 23.1 Å². The minimum absolute atomic E-state index is 0.0157. The summed E-state index contributed by atoms with van der Waals surface area (Å²) >= 11 is 13.0. The monoisotopic (exact) mass is 642 g/mol. The molecule has 0 unspecified atom stereocenters. The van der Waals surface area contributed by atoms with Crippen LogP contribution in [0, 0.1) is 17.8 Å². The topological polar surface area (TPSA) is 108 Å². The first-order valence-electron chi connectivity index (χ1n) is 14.4. The van der Waals surface area contributed by atoms with Crippen LogP contribution in [0.3, 0.4) is 0 Å². The molecule has 232 valence electrons. The van der Waals surface area contributed by atoms with E-state index in [0.29, 0.717) is 40.6 Å². The summed E-state index contributed by atoms with van der Waals surface area (Å²) in [6.07, 6.45) is -2.65. The molecule has 3 aliphatic rings. The number of halogens is 5. The Morgan fingerprint density at radius 1 is 1.19 bits per heavy atom. The summed E-state index contributed by atoms with van der Waals surface area (Å²) in [5, 5.41) is 17.1. The molecule has 0 amide bonds. The van der Waals surface area contributed by atoms with E-state index in [4.69, 9.17) is 41.6 Å². The van der Waals surface area contributed by atoms with Crippen LogP contribution in [0.15, 0.2) is 27.1 Å². The molecule has 13 heteroatoms. The number of benzene rings is 1. The second kappa shape index (κ2) is 11.4. The van der Waals surface area contributed by atoms with Gasteiger partial charge in [0.2, 0.25) is 11.7 Å². The van der Waals surface area contributed by atoms with Gasteiger partial charge >= 0.3 is 12.1 Å². The molecule has 1 aromatic carbocycles. The zero-order valence-corrected chi connectivity index (χ0v) is 25.1. The number of nitrogens with zero attached hydrogens (tertiary/aromatic N) is 2. The Kier molecular flexibility index (Phi) is 8.06. The molecule has 3 aromatic rings. The highest BCUT2D eigenvalue weighted by Crippen LogP contribution is 2.58. The first-order chi connectivity index (χ1) is 20.4. The summed E-state index contributed by atoms with van der Waals surface area (Å²) in [5.74, 6) is -2.66. The molecule has 8 nitrogen and oxygen atoms in total. The van der Waals surface area contributed by atoms with Gasteiger partial charge in [-0.25, -0.2) is 4.98 Å². The van der Waals surface area contributed by atoms with Gasteiger partial charge in [0.05, 0.1) is 35.8 Å². The van der Waals surface area contributed by atoms with Crippen molar-refractivity contribution in [3.05, 3.63) is 56.9 Å². The van der Waals surface area contributed by atoms with Crippen molar-refractivity contribution in [3.63, 3.8) is 0 Å². The summed E-state index contributed by atoms with van der Waals surface area (Å²) in [4.78, 5) is 16.1. The van der Waals surface area contributed by atoms with Gasteiger partial charge in [0.25, 0.3) is 0 Å². The molecule has 3 aliphatic carbocycles. The summed E-state index contributed by atoms with van der Waals surface area (Å²) in [7, 11) is 0. The molecule has 0 spiro atoms. The fourth-order valence-corrected chi connectivity index (χ4v) is 7.42. The number of fused-ring (bicyclic) bond motifs is 2. The number of ether oxygens (including phenoxy) is 2. The van der Waals surface area contributed by atoms with Gasteiger partial charge in [0.1, 0.15) is 22.7 Å². The standard InChI is InChI=1S/C30H31Cl2F3N2O6/c1-3-40-23(38)12-22-27(30(33,34)35)42-28(36-22)29(39)16-9-14(2)19(29)11-17(10-16)41-13-18-25(37-43-26(18)15-7-8-15)24-20(31)5-4-6-21(24)32/h4-6,14-17,19,39H,3,7-13H2,1-2H3/t14-,16+,17+,19+,29-/m0/s1. The highest BCUT2D eigenvalue weighted by Gasteiger charge is 2.61. The largest absolute Gasteiger partial charge is 0.466 e. The number of carbonyl (C=O) groups is 1. The van der Waals surface area contributed by atoms with Crippen LogP contribution in [0.25, 0.3) is 11.3 Å². The molecule has 2 heterocycles. The van der Waals surface area contributed by atoms with Crippen LogP contribution >= 0.6 is 23.2 Å². The van der Waals surface area contributed by atoms with Crippen LogP contribution in [0.2, 0.25) is 10.0 Å². The van der Waals surface area contributed by atoms with E-state index in [0.717, 1.165) is 24.2 Å². The Morgan fingerprint density at radius 3 is 2.53 bits per heavy atom. The van der Waals surface area contributed by atoms with E-state index in [1.807, 2.05) is 6.92 Å². The molecule has 0 aliphatic heterocycles. The van der Waals surface area contributed by atoms with Crippen molar-refractivity contribution in [3.8, 4) is 11.3 Å². The van der Waals surface area contributed by atoms with Crippen molar-refractivity contribution >= 4 is 29.2 Å². The normalized spacial score (nSPS) is 27.1. The molecular weight excluding hydrogens is 612 g/mol. The molecular formula is C30H31Cl2F3N2O6. The summed E-state index contributed by atoms with van der Waals surface area (Å²) in [6, 6.07) is 5.20. The van der Waals surface area contributed by atoms with Gasteiger partial charge in [-0.05, 0) is 63.0 Å². The zero-order valence-electron chi connectivity index (χ0n) is 23.5. The number of esters is 1. The van der Waals surface area contributed by atoms with Crippen LogP contribution in [-0.4, -0.2) is 33.9 Å². The van der Waals surface area contributed by atoms with E-state index >= 15 is 0 Å². The quantitative estimate of drug-likeness (QED) is 0.239. The molecule has 0 saturated heterocycles. The van der Waals surface area contributed by atoms with E-state index in [1.54, 1.807) is 25.1 Å². The number of alkyl halides is 3. The molecule has 2 bridgehead atoms. The predicted molar refractivity (Wildman–Crippen MR) is 148 cm³/mol. The fraction of sp³-hybridized carbons (Fsp3) is 0.567. The Bertz CT molecular complexity index is 1500. The highest BCUT2D eigenvalue weighted by molar-refractivity contribution is 6.39. The molecule has 43 heavy (non-hydrogen) atoms. The lowest BCUT2D eigenvalue weighted by atomic mass is 9.72. The van der Waals surface area contributed by atoms with Crippen molar-refractivity contribution in [1.82, 2.24) is 10.1 Å². The maximum atomic E-state index is 13.9. The molecule has 3 fully saturated rings. The maximum Gasteiger partial charge on any atom is 0.451 e. The number of aliphatic hydroxyl groups is 1. The number of hydrogen-bond acceptors (Lipinski definition) is 8. The Labute approximate surface area is 255 Å². The van der Waals surface area contributed by atoms with E-state index < -0.39 is 53.3 Å². The van der Waals surface area contributed by atoms with Gasteiger partial charge in [-0.15, -0.1) is 0 Å². The minimum Gasteiger partial charge on any atom is -0.466 e. The van der Waals surface area contributed by atoms with Crippen LogP contribution in [0.4, 0.5) is 13.2 Å². The number of rotatable bonds is 9. The Morgan fingerprint density at radius 2 is 1.91 bits per heavy atom. The lowest BCUT2D eigenvalue weighted by Crippen LogP contribution is -2.45. The van der Waals surface area contributed by atoms with Gasteiger partial charge in [0, 0.05) is 23.0 Å². The molecule has 1 N–H and O–H groups in total. The van der Waals surface area contributed by atoms with Crippen molar-refractivity contribution in [2.75, 3.05) is 6.61 Å². The van der Waals surface area contributed by atoms with Crippen molar-refractivity contribution in [2.24, 2.45) is 17.8 Å². The summed E-state index contributed by atoms with van der Waals surface area (Å²) in [5.41, 5.74) is -0.473. The van der Waals surface area contributed by atoms with E-state index in [2.05, 4.69) is 10.1 Å². The molecule has 0 radical (unpaired) electrons. The van der Waals surface area contributed by atoms with Gasteiger partial charge in [-0.2, -0.15) is 13.2 Å². The van der Waals surface area contributed by atoms with E-state index in [1.165, 1.54) is 0 Å². The van der Waals surface area contributed by atoms with E-state index in [-0.39, 0.29) is 31.2 Å². The summed E-state index contributed by atoms with van der Waals surface area (Å²) < 4.78 is 63.8. The average Bonchev–Trinajstić information content (AvgIpc) is 3.52. The van der Waals surface area contributed by atoms with Crippen molar-refractivity contribution in [2.45, 2.75) is 82.8 Å². The third kappa shape index (κ3) is 5.58. The van der Waals surface area contributed by atoms with Crippen LogP contribution < -0.4 is 0 Å². The second-order valence-electron chi connectivity index (χ2n) is 11.8. The van der Waals surface area contributed by atoms with Crippen LogP contribution in [0.1, 0.15) is 80.5 Å². The average molecular weight is 643 g/mol. The van der Waals surface area contributed by atoms with Crippen molar-refractivity contribution in [1.29, 1.82) is 0 Å². The second-order valence-corrected chi connectivity index (χ2v) is 12.6. The molecule has 2 aromatic heterocycles. The molecule has 6 rings (SSSR count). The maximum absolute atomic E-state index is 13.9. The van der Waals surface area contributed by atoms with Crippen LogP contribution in [0.5, 0.6) is 0 Å². The van der Waals surface area contributed by atoms with Gasteiger partial charge in [-0.3, -0.25) is 4.79 Å². The van der Waals surface area contributed by atoms with Gasteiger partial charge < -0.3 is 23.5 Å². The smallest absolute Gasteiger partial charge is 0.451 e. The third-order valence-electron chi connectivity index (χ3n) is 8.94. The summed E-state index contributed by atoms with van der Waals surface area (Å²) in [6.45, 7) is 3.70. The Balaban J connectivity index is 1.25. The fourth-order valence-electron chi connectivity index (χ4n) is 6.85. The lowest BCUT2D eigenvalue weighted by molar-refractivity contribution is -0.161. The Hall–Kier alpha value is -2.60. The molecule has 3 saturated carbocycles. The highest BCUT2D eigenvalue weighted by atomic mass is 35.5. The number of hydrogen-bond donors (Lipinski definition) is 1. The number of aromatic nitrogens is 2. The van der Waals surface area contributed by atoms with Gasteiger partial charge in [-0.1, -0.05) is 41.3 Å². The van der Waals surface area contributed by atoms with Crippen LogP contribution in [-0.2, 0) is 39.1 Å². The number of carbonyl (C=O) groups excluding carboxylic acids is 1. The van der Waals surface area contributed by atoms with Crippen molar-refractivity contribution < 1.29 is 41.5 Å². The minimum atomic E-state index is -4.89. The SMILES string of the molecule is CCOC(=O)Cc1nc([C@]2(O)[C@H]3C[C@@H](OCc4c(-c5c(Cl)cccc5Cl)noc4C4CC4)C[C@@H]2[C@@H](C)C3)oc1C(F)(F)F. The lowest BCUT2D eigenvalue weighted by Gasteiger charge is -2.41. The zero-order chi connectivity index (χ0) is 30.7. The number of oxazole rings is 1. The molecule has 5 atom stereocenters. The first kappa shape index (κ1) is 30.4. The first-order valence-corrected chi connectivity index (χ1v) is 15.2. The predicted octanol–water partition coefficient (Wildman–Crippen LogP) is 7.48. The third-order valence-corrected chi connectivity index (χ3v) is 9.57.